The molecule has 0 aliphatic heterocycles. The highest BCUT2D eigenvalue weighted by Gasteiger charge is 2.09. The SMILES string of the molecule is COc1ccc(C(O)Cc2ccncc2)cn1. The molecule has 2 rings (SSSR count). The normalized spacial score (nSPS) is 12.1. The minimum absolute atomic E-state index is 0.546. The standard InChI is InChI=1S/C13H14N2O2/c1-17-13-3-2-11(9-15-13)12(16)8-10-4-6-14-7-5-10/h2-7,9,12,16H,8H2,1H3. The molecule has 0 bridgehead atoms. The Kier molecular flexibility index (Phi) is 3.67. The van der Waals surface area contributed by atoms with E-state index in [-0.39, 0.29) is 0 Å². The number of nitrogens with zero attached hydrogens (tertiary/aromatic N) is 2. The van der Waals surface area contributed by atoms with Crippen LogP contribution >= 0.6 is 0 Å². The molecule has 4 nitrogen and oxygen atoms in total. The molecule has 0 aromatic carbocycles. The van der Waals surface area contributed by atoms with Gasteiger partial charge in [0.1, 0.15) is 0 Å². The third kappa shape index (κ3) is 3.01. The van der Waals surface area contributed by atoms with Crippen LogP contribution in [0.25, 0.3) is 0 Å². The van der Waals surface area contributed by atoms with Crippen LogP contribution in [0.5, 0.6) is 5.88 Å². The van der Waals surface area contributed by atoms with Crippen LogP contribution in [0.3, 0.4) is 0 Å². The molecular weight excluding hydrogens is 216 g/mol. The average molecular weight is 230 g/mol. The summed E-state index contributed by atoms with van der Waals surface area (Å²) in [5.41, 5.74) is 1.82. The number of aliphatic hydroxyl groups excluding tert-OH is 1. The van der Waals surface area contributed by atoms with E-state index in [1.807, 2.05) is 18.2 Å². The summed E-state index contributed by atoms with van der Waals surface area (Å²) < 4.78 is 4.97. The van der Waals surface area contributed by atoms with E-state index in [2.05, 4.69) is 9.97 Å². The Morgan fingerprint density at radius 2 is 2.00 bits per heavy atom. The molecule has 0 amide bonds. The van der Waals surface area contributed by atoms with Crippen LogP contribution in [-0.4, -0.2) is 22.2 Å². The molecule has 0 aliphatic carbocycles. The highest BCUT2D eigenvalue weighted by Crippen LogP contribution is 2.18. The minimum atomic E-state index is -0.559. The molecule has 17 heavy (non-hydrogen) atoms. The predicted molar refractivity (Wildman–Crippen MR) is 63.7 cm³/mol. The number of hydrogen-bond acceptors (Lipinski definition) is 4. The first-order chi connectivity index (χ1) is 8.29. The molecule has 1 atom stereocenters. The van der Waals surface area contributed by atoms with Gasteiger partial charge in [0.25, 0.3) is 0 Å². The van der Waals surface area contributed by atoms with Gasteiger partial charge in [-0.3, -0.25) is 4.98 Å². The van der Waals surface area contributed by atoms with Crippen LogP contribution in [0.4, 0.5) is 0 Å². The van der Waals surface area contributed by atoms with Crippen molar-refractivity contribution >= 4 is 0 Å². The molecule has 0 aliphatic rings. The third-order valence-electron chi connectivity index (χ3n) is 2.53. The summed E-state index contributed by atoms with van der Waals surface area (Å²) in [5.74, 6) is 0.546. The third-order valence-corrected chi connectivity index (χ3v) is 2.53. The summed E-state index contributed by atoms with van der Waals surface area (Å²) in [6.45, 7) is 0. The van der Waals surface area contributed by atoms with Crippen LogP contribution in [0.1, 0.15) is 17.2 Å². The van der Waals surface area contributed by atoms with Crippen molar-refractivity contribution in [2.75, 3.05) is 7.11 Å². The lowest BCUT2D eigenvalue weighted by molar-refractivity contribution is 0.178. The largest absolute Gasteiger partial charge is 0.481 e. The topological polar surface area (TPSA) is 55.2 Å². The fourth-order valence-corrected chi connectivity index (χ4v) is 1.57. The zero-order valence-electron chi connectivity index (χ0n) is 9.58. The maximum absolute atomic E-state index is 10.0. The van der Waals surface area contributed by atoms with Gasteiger partial charge < -0.3 is 9.84 Å². The van der Waals surface area contributed by atoms with Gasteiger partial charge in [-0.25, -0.2) is 4.98 Å². The molecule has 1 N–H and O–H groups in total. The zero-order valence-corrected chi connectivity index (χ0v) is 9.58. The first kappa shape index (κ1) is 11.5. The fraction of sp³-hybridized carbons (Fsp3) is 0.231. The molecule has 2 aromatic heterocycles. The lowest BCUT2D eigenvalue weighted by Crippen LogP contribution is -2.02. The van der Waals surface area contributed by atoms with Gasteiger partial charge in [-0.15, -0.1) is 0 Å². The smallest absolute Gasteiger partial charge is 0.212 e. The quantitative estimate of drug-likeness (QED) is 0.869. The Bertz CT molecular complexity index is 457. The zero-order chi connectivity index (χ0) is 12.1. The second-order valence-electron chi connectivity index (χ2n) is 3.71. The van der Waals surface area contributed by atoms with E-state index < -0.39 is 6.10 Å². The van der Waals surface area contributed by atoms with Crippen molar-refractivity contribution < 1.29 is 9.84 Å². The summed E-state index contributed by atoms with van der Waals surface area (Å²) in [6.07, 6.45) is 5.06. The van der Waals surface area contributed by atoms with E-state index in [1.165, 1.54) is 0 Å². The number of hydrogen-bond donors (Lipinski definition) is 1. The van der Waals surface area contributed by atoms with Crippen molar-refractivity contribution in [3.05, 3.63) is 54.0 Å². The fourth-order valence-electron chi connectivity index (χ4n) is 1.57. The van der Waals surface area contributed by atoms with Gasteiger partial charge in [0.05, 0.1) is 13.2 Å². The first-order valence-electron chi connectivity index (χ1n) is 5.36. The molecule has 0 saturated heterocycles. The van der Waals surface area contributed by atoms with Gasteiger partial charge in [-0.1, -0.05) is 0 Å². The number of pyridine rings is 2. The van der Waals surface area contributed by atoms with Crippen molar-refractivity contribution in [2.24, 2.45) is 0 Å². The Labute approximate surface area is 99.9 Å². The second kappa shape index (κ2) is 5.41. The maximum Gasteiger partial charge on any atom is 0.212 e. The molecule has 0 saturated carbocycles. The molecule has 2 aromatic rings. The van der Waals surface area contributed by atoms with Crippen LogP contribution < -0.4 is 4.74 Å². The van der Waals surface area contributed by atoms with Crippen molar-refractivity contribution in [1.29, 1.82) is 0 Å². The van der Waals surface area contributed by atoms with Crippen LogP contribution in [0, 0.1) is 0 Å². The highest BCUT2D eigenvalue weighted by molar-refractivity contribution is 5.22. The Hall–Kier alpha value is -1.94. The van der Waals surface area contributed by atoms with Crippen molar-refractivity contribution in [2.45, 2.75) is 12.5 Å². The Morgan fingerprint density at radius 1 is 1.24 bits per heavy atom. The molecule has 1 unspecified atom stereocenters. The van der Waals surface area contributed by atoms with Crippen LogP contribution in [-0.2, 0) is 6.42 Å². The molecule has 88 valence electrons. The lowest BCUT2D eigenvalue weighted by atomic mass is 10.0. The number of rotatable bonds is 4. The van der Waals surface area contributed by atoms with Gasteiger partial charge in [0.2, 0.25) is 5.88 Å². The van der Waals surface area contributed by atoms with Gasteiger partial charge in [0, 0.05) is 31.1 Å². The van der Waals surface area contributed by atoms with Crippen molar-refractivity contribution in [1.82, 2.24) is 9.97 Å². The average Bonchev–Trinajstić information content (AvgIpc) is 2.40. The Morgan fingerprint density at radius 3 is 2.59 bits per heavy atom. The van der Waals surface area contributed by atoms with E-state index in [1.54, 1.807) is 31.8 Å². The Balaban J connectivity index is 2.06. The van der Waals surface area contributed by atoms with E-state index >= 15 is 0 Å². The van der Waals surface area contributed by atoms with Crippen molar-refractivity contribution in [3.63, 3.8) is 0 Å². The van der Waals surface area contributed by atoms with E-state index in [4.69, 9.17) is 4.74 Å². The summed E-state index contributed by atoms with van der Waals surface area (Å²) >= 11 is 0. The van der Waals surface area contributed by atoms with E-state index in [9.17, 15) is 5.11 Å². The van der Waals surface area contributed by atoms with Gasteiger partial charge in [-0.05, 0) is 29.3 Å². The molecule has 0 fully saturated rings. The van der Waals surface area contributed by atoms with Crippen molar-refractivity contribution in [3.8, 4) is 5.88 Å². The monoisotopic (exact) mass is 230 g/mol. The van der Waals surface area contributed by atoms with E-state index in [0.29, 0.717) is 12.3 Å². The second-order valence-corrected chi connectivity index (χ2v) is 3.71. The molecule has 2 heterocycles. The molecule has 4 heteroatoms. The van der Waals surface area contributed by atoms with Gasteiger partial charge in [-0.2, -0.15) is 0 Å². The summed E-state index contributed by atoms with van der Waals surface area (Å²) in [7, 11) is 1.56. The number of methoxy groups -OCH3 is 1. The predicted octanol–water partition coefficient (Wildman–Crippen LogP) is 1.76. The number of aromatic nitrogens is 2. The van der Waals surface area contributed by atoms with E-state index in [0.717, 1.165) is 11.1 Å². The highest BCUT2D eigenvalue weighted by atomic mass is 16.5. The van der Waals surface area contributed by atoms with Crippen LogP contribution in [0.2, 0.25) is 0 Å². The maximum atomic E-state index is 10.0. The van der Waals surface area contributed by atoms with Crippen LogP contribution in [0.15, 0.2) is 42.9 Å². The first-order valence-corrected chi connectivity index (χ1v) is 5.36. The number of aliphatic hydroxyl groups is 1. The molecular formula is C13H14N2O2. The number of ether oxygens (including phenoxy) is 1. The lowest BCUT2D eigenvalue weighted by Gasteiger charge is -2.10. The molecule has 0 radical (unpaired) electrons. The summed E-state index contributed by atoms with van der Waals surface area (Å²) in [5, 5.41) is 10.0. The summed E-state index contributed by atoms with van der Waals surface area (Å²) in [6, 6.07) is 7.34. The van der Waals surface area contributed by atoms with Gasteiger partial charge in [0.15, 0.2) is 0 Å². The molecule has 0 spiro atoms. The summed E-state index contributed by atoms with van der Waals surface area (Å²) in [4.78, 5) is 8.00. The minimum Gasteiger partial charge on any atom is -0.481 e. The van der Waals surface area contributed by atoms with Gasteiger partial charge >= 0.3 is 0 Å².